The third kappa shape index (κ3) is 2.15. The van der Waals surface area contributed by atoms with Crippen LogP contribution in [-0.4, -0.2) is 14.8 Å². The molecule has 0 amide bonds. The van der Waals surface area contributed by atoms with Gasteiger partial charge in [0, 0.05) is 13.0 Å². The normalized spacial score (nSPS) is 15.9. The second kappa shape index (κ2) is 4.74. The number of aromatic nitrogens is 3. The number of rotatable bonds is 4. The Bertz CT molecular complexity index is 548. The van der Waals surface area contributed by atoms with Crippen LogP contribution in [-0.2, 0) is 19.5 Å². The van der Waals surface area contributed by atoms with E-state index in [1.807, 2.05) is 6.07 Å². The highest BCUT2D eigenvalue weighted by Gasteiger charge is 2.21. The predicted octanol–water partition coefficient (Wildman–Crippen LogP) is 2.32. The molecule has 1 aliphatic rings. The van der Waals surface area contributed by atoms with Crippen LogP contribution in [0.4, 0.5) is 0 Å². The molecule has 1 N–H and O–H groups in total. The first-order chi connectivity index (χ1) is 8.74. The molecule has 0 saturated carbocycles. The van der Waals surface area contributed by atoms with E-state index in [4.69, 9.17) is 16.0 Å². The first-order valence-corrected chi connectivity index (χ1v) is 6.51. The third-order valence-electron chi connectivity index (χ3n) is 3.24. The number of hydrogen-bond donors (Lipinski definition) is 1. The Morgan fingerprint density at radius 1 is 1.50 bits per heavy atom. The number of nitrogens with zero attached hydrogens (tertiary/aromatic N) is 3. The number of fused-ring (bicyclic) bond motifs is 1. The highest BCUT2D eigenvalue weighted by molar-refractivity contribution is 6.28. The molecule has 2 aromatic rings. The Morgan fingerprint density at radius 3 is 3.17 bits per heavy atom. The largest absolute Gasteiger partial charge is 0.448 e. The maximum Gasteiger partial charge on any atom is 0.193 e. The summed E-state index contributed by atoms with van der Waals surface area (Å²) in [6.45, 7) is 3.74. The van der Waals surface area contributed by atoms with Crippen molar-refractivity contribution < 1.29 is 4.42 Å². The molecule has 1 atom stereocenters. The van der Waals surface area contributed by atoms with Gasteiger partial charge in [0.15, 0.2) is 5.22 Å². The number of nitrogens with one attached hydrogen (secondary N) is 1. The first-order valence-electron chi connectivity index (χ1n) is 6.13. The van der Waals surface area contributed by atoms with E-state index >= 15 is 0 Å². The molecule has 1 unspecified atom stereocenters. The molecule has 2 aromatic heterocycles. The van der Waals surface area contributed by atoms with Crippen LogP contribution in [0.1, 0.15) is 36.8 Å². The number of hydrogen-bond acceptors (Lipinski definition) is 4. The van der Waals surface area contributed by atoms with Gasteiger partial charge in [0.25, 0.3) is 0 Å². The quantitative estimate of drug-likeness (QED) is 0.923. The van der Waals surface area contributed by atoms with Crippen molar-refractivity contribution in [2.75, 3.05) is 0 Å². The summed E-state index contributed by atoms with van der Waals surface area (Å²) < 4.78 is 7.51. The first kappa shape index (κ1) is 11.7. The van der Waals surface area contributed by atoms with Gasteiger partial charge in [0.05, 0.1) is 12.6 Å². The lowest BCUT2D eigenvalue weighted by molar-refractivity contribution is 0.446. The van der Waals surface area contributed by atoms with Crippen LogP contribution in [0.2, 0.25) is 5.22 Å². The molecule has 0 bridgehead atoms. The Labute approximate surface area is 110 Å². The average Bonchev–Trinajstić information content (AvgIpc) is 3.01. The van der Waals surface area contributed by atoms with Crippen LogP contribution in [0.15, 0.2) is 16.5 Å². The maximum absolute atomic E-state index is 5.73. The minimum atomic E-state index is 0.147. The Hall–Kier alpha value is -1.33. The van der Waals surface area contributed by atoms with Crippen LogP contribution in [0.5, 0.6) is 0 Å². The summed E-state index contributed by atoms with van der Waals surface area (Å²) in [4.78, 5) is 0. The Kier molecular flexibility index (Phi) is 3.09. The zero-order valence-corrected chi connectivity index (χ0v) is 10.9. The lowest BCUT2D eigenvalue weighted by Gasteiger charge is -2.12. The van der Waals surface area contributed by atoms with E-state index in [0.29, 0.717) is 11.8 Å². The SMILES string of the molecule is CC(NCc1ccc(Cl)o1)c1nnc2n1CCC2. The minimum Gasteiger partial charge on any atom is -0.448 e. The highest BCUT2D eigenvalue weighted by atomic mass is 35.5. The van der Waals surface area contributed by atoms with Gasteiger partial charge in [-0.25, -0.2) is 0 Å². The van der Waals surface area contributed by atoms with E-state index in [2.05, 4.69) is 27.0 Å². The molecule has 96 valence electrons. The van der Waals surface area contributed by atoms with Crippen LogP contribution < -0.4 is 5.32 Å². The third-order valence-corrected chi connectivity index (χ3v) is 3.44. The standard InChI is InChI=1S/C12H15ClN4O/c1-8(14-7-9-4-5-10(13)18-9)12-16-15-11-3-2-6-17(11)12/h4-5,8,14H,2-3,6-7H2,1H3. The fourth-order valence-corrected chi connectivity index (χ4v) is 2.45. The van der Waals surface area contributed by atoms with Crippen LogP contribution in [0.3, 0.4) is 0 Å². The highest BCUT2D eigenvalue weighted by Crippen LogP contribution is 2.19. The van der Waals surface area contributed by atoms with Crippen LogP contribution in [0.25, 0.3) is 0 Å². The van der Waals surface area contributed by atoms with Gasteiger partial charge in [0.2, 0.25) is 0 Å². The van der Waals surface area contributed by atoms with Crippen molar-refractivity contribution in [3.63, 3.8) is 0 Å². The van der Waals surface area contributed by atoms with E-state index in [9.17, 15) is 0 Å². The molecular weight excluding hydrogens is 252 g/mol. The van der Waals surface area contributed by atoms with Crippen molar-refractivity contribution >= 4 is 11.6 Å². The van der Waals surface area contributed by atoms with Gasteiger partial charge in [-0.1, -0.05) is 0 Å². The van der Waals surface area contributed by atoms with Crippen LogP contribution >= 0.6 is 11.6 Å². The van der Waals surface area contributed by atoms with Gasteiger partial charge in [-0.05, 0) is 37.1 Å². The molecule has 3 heterocycles. The molecule has 0 saturated heterocycles. The van der Waals surface area contributed by atoms with Crippen molar-refractivity contribution in [2.24, 2.45) is 0 Å². The molecule has 0 fully saturated rings. The average molecular weight is 267 g/mol. The minimum absolute atomic E-state index is 0.147. The Balaban J connectivity index is 1.66. The summed E-state index contributed by atoms with van der Waals surface area (Å²) in [6, 6.07) is 3.77. The van der Waals surface area contributed by atoms with Gasteiger partial charge < -0.3 is 14.3 Å². The number of halogens is 1. The zero-order chi connectivity index (χ0) is 12.5. The molecule has 5 nitrogen and oxygen atoms in total. The molecule has 3 rings (SSSR count). The van der Waals surface area contributed by atoms with Gasteiger partial charge in [0.1, 0.15) is 17.4 Å². The lowest BCUT2D eigenvalue weighted by atomic mass is 10.3. The van der Waals surface area contributed by atoms with E-state index in [1.54, 1.807) is 6.07 Å². The van der Waals surface area contributed by atoms with Gasteiger partial charge in [-0.15, -0.1) is 10.2 Å². The monoisotopic (exact) mass is 266 g/mol. The van der Waals surface area contributed by atoms with Gasteiger partial charge >= 0.3 is 0 Å². The maximum atomic E-state index is 5.73. The molecule has 1 aliphatic heterocycles. The molecule has 18 heavy (non-hydrogen) atoms. The lowest BCUT2D eigenvalue weighted by Crippen LogP contribution is -2.21. The van der Waals surface area contributed by atoms with Crippen molar-refractivity contribution in [3.8, 4) is 0 Å². The van der Waals surface area contributed by atoms with Crippen molar-refractivity contribution in [1.29, 1.82) is 0 Å². The van der Waals surface area contributed by atoms with Crippen molar-refractivity contribution in [3.05, 3.63) is 34.8 Å². The molecule has 0 spiro atoms. The van der Waals surface area contributed by atoms with Gasteiger partial charge in [-0.2, -0.15) is 0 Å². The summed E-state index contributed by atoms with van der Waals surface area (Å²) in [5.74, 6) is 2.92. The molecule has 0 aliphatic carbocycles. The topological polar surface area (TPSA) is 55.9 Å². The second-order valence-corrected chi connectivity index (χ2v) is 4.91. The molecular formula is C12H15ClN4O. The van der Waals surface area contributed by atoms with Crippen LogP contribution in [0, 0.1) is 0 Å². The van der Waals surface area contributed by atoms with Crippen molar-refractivity contribution in [2.45, 2.75) is 38.9 Å². The summed E-state index contributed by atoms with van der Waals surface area (Å²) in [5, 5.41) is 12.2. The predicted molar refractivity (Wildman–Crippen MR) is 67.3 cm³/mol. The molecule has 0 radical (unpaired) electrons. The molecule has 6 heteroatoms. The fourth-order valence-electron chi connectivity index (χ4n) is 2.29. The summed E-state index contributed by atoms with van der Waals surface area (Å²) in [6.07, 6.45) is 2.20. The van der Waals surface area contributed by atoms with Crippen molar-refractivity contribution in [1.82, 2.24) is 20.1 Å². The second-order valence-electron chi connectivity index (χ2n) is 4.54. The molecule has 0 aromatic carbocycles. The van der Waals surface area contributed by atoms with E-state index in [0.717, 1.165) is 30.4 Å². The number of aryl methyl sites for hydroxylation is 1. The zero-order valence-electron chi connectivity index (χ0n) is 10.2. The number of furan rings is 1. The van der Waals surface area contributed by atoms with E-state index in [-0.39, 0.29) is 6.04 Å². The smallest absolute Gasteiger partial charge is 0.193 e. The van der Waals surface area contributed by atoms with E-state index in [1.165, 1.54) is 6.42 Å². The fraction of sp³-hybridized carbons (Fsp3) is 0.500. The summed E-state index contributed by atoms with van der Waals surface area (Å²) >= 11 is 5.73. The van der Waals surface area contributed by atoms with E-state index < -0.39 is 0 Å². The summed E-state index contributed by atoms with van der Waals surface area (Å²) in [5.41, 5.74) is 0. The van der Waals surface area contributed by atoms with Gasteiger partial charge in [-0.3, -0.25) is 0 Å². The summed E-state index contributed by atoms with van der Waals surface area (Å²) in [7, 11) is 0. The Morgan fingerprint density at radius 2 is 2.39 bits per heavy atom.